The van der Waals surface area contributed by atoms with Gasteiger partial charge in [-0.25, -0.2) is 4.98 Å². The maximum absolute atomic E-state index is 13.4. The van der Waals surface area contributed by atoms with Crippen LogP contribution in [0.4, 0.5) is 5.69 Å². The van der Waals surface area contributed by atoms with Crippen molar-refractivity contribution in [1.29, 1.82) is 5.26 Å². The molecule has 0 atom stereocenters. The molecule has 1 N–H and O–H groups in total. The van der Waals surface area contributed by atoms with Crippen LogP contribution in [-0.4, -0.2) is 21.2 Å². The number of thiophene rings is 1. The van der Waals surface area contributed by atoms with E-state index in [1.807, 2.05) is 30.5 Å². The highest BCUT2D eigenvalue weighted by molar-refractivity contribution is 7.99. The molecule has 31 heavy (non-hydrogen) atoms. The number of carbonyl (C=O) groups is 1. The molecule has 160 valence electrons. The lowest BCUT2D eigenvalue weighted by atomic mass is 10.1. The van der Waals surface area contributed by atoms with Crippen molar-refractivity contribution >= 4 is 44.9 Å². The molecule has 1 aliphatic carbocycles. The molecule has 2 aromatic heterocycles. The second-order valence-electron chi connectivity index (χ2n) is 7.84. The number of aryl methyl sites for hydroxylation is 2. The first-order chi connectivity index (χ1) is 15.0. The van der Waals surface area contributed by atoms with Crippen molar-refractivity contribution in [3.05, 3.63) is 50.6 Å². The van der Waals surface area contributed by atoms with E-state index < -0.39 is 0 Å². The minimum atomic E-state index is -0.149. The number of carbonyl (C=O) groups excluding carboxylic acids is 1. The van der Waals surface area contributed by atoms with Crippen LogP contribution in [-0.2, 0) is 11.2 Å². The summed E-state index contributed by atoms with van der Waals surface area (Å²) in [5, 5.41) is 13.0. The molecular weight excluding hydrogens is 428 g/mol. The Labute approximate surface area is 189 Å². The standard InChI is InChI=1S/C23H24N4O2S2/c1-14-15(2)31-21-20(14)22(29)27(18-5-3-4-6-18)23(26-21)30-13-19(28)25-17-9-7-16(8-10-17)11-12-24/h7-10,18H,3-6,11,13H2,1-2H3,(H,25,28). The normalized spacial score (nSPS) is 14.1. The molecule has 3 aromatic rings. The molecule has 1 amide bonds. The van der Waals surface area contributed by atoms with Gasteiger partial charge in [-0.2, -0.15) is 5.26 Å². The Balaban J connectivity index is 1.56. The fourth-order valence-corrected chi connectivity index (χ4v) is 5.94. The first kappa shape index (κ1) is 21.6. The first-order valence-electron chi connectivity index (χ1n) is 10.4. The van der Waals surface area contributed by atoms with E-state index in [0.717, 1.165) is 51.9 Å². The Kier molecular flexibility index (Phi) is 6.44. The van der Waals surface area contributed by atoms with Gasteiger partial charge < -0.3 is 5.32 Å². The van der Waals surface area contributed by atoms with Gasteiger partial charge in [0.05, 0.1) is 23.6 Å². The average molecular weight is 453 g/mol. The number of aromatic nitrogens is 2. The molecule has 0 aliphatic heterocycles. The monoisotopic (exact) mass is 452 g/mol. The SMILES string of the molecule is Cc1sc2nc(SCC(=O)Nc3ccc(CC#N)cc3)n(C3CCCC3)c(=O)c2c1C. The number of rotatable bonds is 6. The van der Waals surface area contributed by atoms with Gasteiger partial charge in [0.1, 0.15) is 4.83 Å². The smallest absolute Gasteiger partial charge is 0.263 e. The van der Waals surface area contributed by atoms with Crippen LogP contribution in [0.25, 0.3) is 10.2 Å². The number of fused-ring (bicyclic) bond motifs is 1. The third kappa shape index (κ3) is 4.53. The van der Waals surface area contributed by atoms with Crippen LogP contribution in [0.5, 0.6) is 0 Å². The van der Waals surface area contributed by atoms with Crippen molar-refractivity contribution in [2.45, 2.75) is 57.1 Å². The highest BCUT2D eigenvalue weighted by Crippen LogP contribution is 2.34. The molecule has 6 nitrogen and oxygen atoms in total. The third-order valence-electron chi connectivity index (χ3n) is 5.75. The summed E-state index contributed by atoms with van der Waals surface area (Å²) in [6, 6.07) is 9.52. The number of thioether (sulfide) groups is 1. The van der Waals surface area contributed by atoms with Gasteiger partial charge >= 0.3 is 0 Å². The van der Waals surface area contributed by atoms with Crippen molar-refractivity contribution in [1.82, 2.24) is 9.55 Å². The molecule has 0 saturated heterocycles. The molecule has 1 aromatic carbocycles. The molecule has 0 unspecified atom stereocenters. The fourth-order valence-electron chi connectivity index (χ4n) is 4.00. The van der Waals surface area contributed by atoms with Crippen LogP contribution in [0.1, 0.15) is 47.7 Å². The molecule has 1 aliphatic rings. The predicted molar refractivity (Wildman–Crippen MR) is 126 cm³/mol. The largest absolute Gasteiger partial charge is 0.325 e. The number of nitrogens with zero attached hydrogens (tertiary/aromatic N) is 3. The lowest BCUT2D eigenvalue weighted by Crippen LogP contribution is -2.27. The summed E-state index contributed by atoms with van der Waals surface area (Å²) in [5.74, 6) is 0.0254. The quantitative estimate of drug-likeness (QED) is 0.421. The van der Waals surface area contributed by atoms with Crippen molar-refractivity contribution in [3.63, 3.8) is 0 Å². The van der Waals surface area contributed by atoms with E-state index in [4.69, 9.17) is 10.2 Å². The molecule has 2 heterocycles. The van der Waals surface area contributed by atoms with Crippen LogP contribution < -0.4 is 10.9 Å². The summed E-state index contributed by atoms with van der Waals surface area (Å²) in [6.45, 7) is 4.00. The van der Waals surface area contributed by atoms with Crippen molar-refractivity contribution in [2.75, 3.05) is 11.1 Å². The minimum absolute atomic E-state index is 0.0229. The van der Waals surface area contributed by atoms with Crippen molar-refractivity contribution in [3.8, 4) is 6.07 Å². The summed E-state index contributed by atoms with van der Waals surface area (Å²) in [7, 11) is 0. The second kappa shape index (κ2) is 9.25. The van der Waals surface area contributed by atoms with Crippen LogP contribution in [0, 0.1) is 25.2 Å². The molecule has 1 fully saturated rings. The number of hydrogen-bond acceptors (Lipinski definition) is 6. The van der Waals surface area contributed by atoms with E-state index in [2.05, 4.69) is 11.4 Å². The number of hydrogen-bond donors (Lipinski definition) is 1. The molecule has 8 heteroatoms. The van der Waals surface area contributed by atoms with Gasteiger partial charge in [0.15, 0.2) is 5.16 Å². The Morgan fingerprint density at radius 1 is 1.29 bits per heavy atom. The zero-order chi connectivity index (χ0) is 22.0. The van der Waals surface area contributed by atoms with E-state index in [1.54, 1.807) is 12.1 Å². The maximum Gasteiger partial charge on any atom is 0.263 e. The van der Waals surface area contributed by atoms with E-state index >= 15 is 0 Å². The van der Waals surface area contributed by atoms with Crippen molar-refractivity contribution in [2.24, 2.45) is 0 Å². The number of nitrogens with one attached hydrogen (secondary N) is 1. The van der Waals surface area contributed by atoms with Gasteiger partial charge in [0.25, 0.3) is 5.56 Å². The fraction of sp³-hybridized carbons (Fsp3) is 0.391. The van der Waals surface area contributed by atoms with Crippen LogP contribution in [0.2, 0.25) is 0 Å². The van der Waals surface area contributed by atoms with E-state index in [-0.39, 0.29) is 23.3 Å². The predicted octanol–water partition coefficient (Wildman–Crippen LogP) is 4.99. The van der Waals surface area contributed by atoms with Gasteiger partial charge in [-0.1, -0.05) is 36.7 Å². The Morgan fingerprint density at radius 2 is 2.00 bits per heavy atom. The summed E-state index contributed by atoms with van der Waals surface area (Å²) in [6.07, 6.45) is 4.53. The van der Waals surface area contributed by atoms with Crippen LogP contribution >= 0.6 is 23.1 Å². The molecule has 1 saturated carbocycles. The Hall–Kier alpha value is -2.63. The number of amides is 1. The summed E-state index contributed by atoms with van der Waals surface area (Å²) in [4.78, 5) is 32.6. The first-order valence-corrected chi connectivity index (χ1v) is 12.2. The highest BCUT2D eigenvalue weighted by atomic mass is 32.2. The number of nitriles is 1. The van der Waals surface area contributed by atoms with Crippen molar-refractivity contribution < 1.29 is 4.79 Å². The van der Waals surface area contributed by atoms with Gasteiger partial charge in [-0.15, -0.1) is 11.3 Å². The van der Waals surface area contributed by atoms with Crippen LogP contribution in [0.15, 0.2) is 34.2 Å². The van der Waals surface area contributed by atoms with Gasteiger partial charge in [0.2, 0.25) is 5.91 Å². The van der Waals surface area contributed by atoms with E-state index in [0.29, 0.717) is 17.3 Å². The van der Waals surface area contributed by atoms with Gasteiger partial charge in [0, 0.05) is 16.6 Å². The molecule has 0 radical (unpaired) electrons. The van der Waals surface area contributed by atoms with Crippen LogP contribution in [0.3, 0.4) is 0 Å². The van der Waals surface area contributed by atoms with Gasteiger partial charge in [-0.05, 0) is 49.9 Å². The highest BCUT2D eigenvalue weighted by Gasteiger charge is 2.25. The van der Waals surface area contributed by atoms with Gasteiger partial charge in [-0.3, -0.25) is 14.2 Å². The minimum Gasteiger partial charge on any atom is -0.325 e. The molecule has 0 bridgehead atoms. The summed E-state index contributed by atoms with van der Waals surface area (Å²) >= 11 is 2.86. The van der Waals surface area contributed by atoms with E-state index in [1.165, 1.54) is 23.1 Å². The molecular formula is C23H24N4O2S2. The van der Waals surface area contributed by atoms with E-state index in [9.17, 15) is 9.59 Å². The Bertz CT molecular complexity index is 1220. The topological polar surface area (TPSA) is 87.8 Å². The molecule has 0 spiro atoms. The number of anilines is 1. The molecule has 4 rings (SSSR count). The lowest BCUT2D eigenvalue weighted by Gasteiger charge is -2.18. The second-order valence-corrected chi connectivity index (χ2v) is 9.99. The third-order valence-corrected chi connectivity index (χ3v) is 7.80. The number of benzene rings is 1. The zero-order valence-corrected chi connectivity index (χ0v) is 19.2. The lowest BCUT2D eigenvalue weighted by molar-refractivity contribution is -0.113. The summed E-state index contributed by atoms with van der Waals surface area (Å²) < 4.78 is 1.84. The Morgan fingerprint density at radius 3 is 2.68 bits per heavy atom. The zero-order valence-electron chi connectivity index (χ0n) is 17.6. The maximum atomic E-state index is 13.4. The summed E-state index contributed by atoms with van der Waals surface area (Å²) in [5.41, 5.74) is 2.64. The average Bonchev–Trinajstić information content (AvgIpc) is 3.37.